The van der Waals surface area contributed by atoms with Gasteiger partial charge in [0.05, 0.1) is 19.4 Å². The third kappa shape index (κ3) is 5.60. The lowest BCUT2D eigenvalue weighted by Crippen LogP contribution is -2.13. The van der Waals surface area contributed by atoms with E-state index in [0.29, 0.717) is 30.2 Å². The first-order valence-electron chi connectivity index (χ1n) is 7.84. The number of carbonyl (C=O) groups is 1. The van der Waals surface area contributed by atoms with Gasteiger partial charge in [0, 0.05) is 12.5 Å². The van der Waals surface area contributed by atoms with E-state index in [0.717, 1.165) is 19.3 Å². The fraction of sp³-hybridized carbons (Fsp3) is 0.389. The average Bonchev–Trinajstić information content (AvgIpc) is 3.08. The minimum atomic E-state index is -0.0233. The van der Waals surface area contributed by atoms with E-state index in [2.05, 4.69) is 17.6 Å². The van der Waals surface area contributed by atoms with Crippen LogP contribution in [0.15, 0.2) is 35.0 Å². The van der Waals surface area contributed by atoms with Gasteiger partial charge in [0.2, 0.25) is 5.91 Å². The van der Waals surface area contributed by atoms with Gasteiger partial charge in [0.25, 0.3) is 0 Å². The van der Waals surface area contributed by atoms with Gasteiger partial charge in [0.1, 0.15) is 11.5 Å². The molecule has 0 aliphatic rings. The van der Waals surface area contributed by atoms with Crippen molar-refractivity contribution in [1.29, 1.82) is 0 Å². The molecule has 0 saturated carbocycles. The first-order valence-corrected chi connectivity index (χ1v) is 8.79. The minimum Gasteiger partial charge on any atom is -0.497 e. The van der Waals surface area contributed by atoms with E-state index in [1.165, 1.54) is 5.56 Å². The summed E-state index contributed by atoms with van der Waals surface area (Å²) >= 11 is 1.65. The van der Waals surface area contributed by atoms with Crippen LogP contribution in [0.3, 0.4) is 0 Å². The van der Waals surface area contributed by atoms with Crippen LogP contribution in [0.1, 0.15) is 31.7 Å². The van der Waals surface area contributed by atoms with Gasteiger partial charge in [-0.05, 0) is 47.4 Å². The van der Waals surface area contributed by atoms with Gasteiger partial charge in [0.15, 0.2) is 0 Å². The maximum atomic E-state index is 12.2. The van der Waals surface area contributed by atoms with Crippen LogP contribution in [0, 0.1) is 0 Å². The molecule has 1 N–H and O–H groups in total. The van der Waals surface area contributed by atoms with E-state index in [1.54, 1.807) is 24.5 Å². The van der Waals surface area contributed by atoms with Gasteiger partial charge in [-0.25, -0.2) is 0 Å². The first-order chi connectivity index (χ1) is 11.2. The number of ether oxygens (including phenoxy) is 2. The number of hydrogen-bond donors (Lipinski definition) is 1. The highest BCUT2D eigenvalue weighted by atomic mass is 32.1. The van der Waals surface area contributed by atoms with Gasteiger partial charge in [-0.2, -0.15) is 11.3 Å². The highest BCUT2D eigenvalue weighted by molar-refractivity contribution is 7.07. The molecule has 0 saturated heterocycles. The van der Waals surface area contributed by atoms with E-state index in [9.17, 15) is 4.79 Å². The normalized spacial score (nSPS) is 10.3. The predicted octanol–water partition coefficient (Wildman–Crippen LogP) is 4.51. The van der Waals surface area contributed by atoms with E-state index in [1.807, 2.05) is 23.6 Å². The Morgan fingerprint density at radius 2 is 2.17 bits per heavy atom. The number of thiophene rings is 1. The summed E-state index contributed by atoms with van der Waals surface area (Å²) in [4.78, 5) is 12.2. The maximum Gasteiger partial charge on any atom is 0.224 e. The molecular formula is C18H23NO3S. The Bertz CT molecular complexity index is 611. The first kappa shape index (κ1) is 17.3. The Morgan fingerprint density at radius 1 is 1.30 bits per heavy atom. The number of benzene rings is 1. The van der Waals surface area contributed by atoms with Crippen molar-refractivity contribution in [1.82, 2.24) is 0 Å². The smallest absolute Gasteiger partial charge is 0.224 e. The van der Waals surface area contributed by atoms with Crippen LogP contribution in [-0.4, -0.2) is 19.6 Å². The van der Waals surface area contributed by atoms with Gasteiger partial charge >= 0.3 is 0 Å². The molecule has 0 unspecified atom stereocenters. The van der Waals surface area contributed by atoms with E-state index >= 15 is 0 Å². The van der Waals surface area contributed by atoms with Crippen molar-refractivity contribution in [3.63, 3.8) is 0 Å². The number of amides is 1. The standard InChI is InChI=1S/C18H23NO3S/c1-3-4-10-22-17-7-6-15(21-2)12-16(17)19-18(20)8-5-14-9-11-23-13-14/h6-7,9,11-13H,3-5,8,10H2,1-2H3,(H,19,20). The molecule has 23 heavy (non-hydrogen) atoms. The molecule has 0 bridgehead atoms. The highest BCUT2D eigenvalue weighted by Crippen LogP contribution is 2.29. The molecule has 0 aliphatic carbocycles. The topological polar surface area (TPSA) is 47.6 Å². The number of rotatable bonds is 9. The molecular weight excluding hydrogens is 310 g/mol. The van der Waals surface area contributed by atoms with Crippen LogP contribution in [0.4, 0.5) is 5.69 Å². The molecule has 2 rings (SSSR count). The zero-order valence-corrected chi connectivity index (χ0v) is 14.4. The van der Waals surface area contributed by atoms with Crippen LogP contribution >= 0.6 is 11.3 Å². The molecule has 2 aromatic rings. The van der Waals surface area contributed by atoms with Crippen LogP contribution in [0.5, 0.6) is 11.5 Å². The van der Waals surface area contributed by atoms with Crippen LogP contribution < -0.4 is 14.8 Å². The Balaban J connectivity index is 1.98. The number of methoxy groups -OCH3 is 1. The summed E-state index contributed by atoms with van der Waals surface area (Å²) in [6, 6.07) is 7.51. The minimum absolute atomic E-state index is 0.0233. The maximum absolute atomic E-state index is 12.2. The van der Waals surface area contributed by atoms with E-state index in [-0.39, 0.29) is 5.91 Å². The summed E-state index contributed by atoms with van der Waals surface area (Å²) in [5.74, 6) is 1.36. The van der Waals surface area contributed by atoms with Gasteiger partial charge in [-0.1, -0.05) is 13.3 Å². The van der Waals surface area contributed by atoms with Gasteiger partial charge < -0.3 is 14.8 Å². The molecule has 0 spiro atoms. The lowest BCUT2D eigenvalue weighted by atomic mass is 10.2. The Kier molecular flexibility index (Phi) is 6.94. The van der Waals surface area contributed by atoms with Crippen LogP contribution in [0.25, 0.3) is 0 Å². The summed E-state index contributed by atoms with van der Waals surface area (Å²) in [7, 11) is 1.61. The molecule has 5 heteroatoms. The molecule has 0 atom stereocenters. The molecule has 1 aromatic carbocycles. The summed E-state index contributed by atoms with van der Waals surface area (Å²) < 4.78 is 11.0. The number of hydrogen-bond acceptors (Lipinski definition) is 4. The number of nitrogens with one attached hydrogen (secondary N) is 1. The zero-order valence-electron chi connectivity index (χ0n) is 13.6. The molecule has 1 amide bonds. The molecule has 124 valence electrons. The molecule has 1 heterocycles. The average molecular weight is 333 g/mol. The van der Waals surface area contributed by atoms with Crippen molar-refractivity contribution in [3.05, 3.63) is 40.6 Å². The predicted molar refractivity (Wildman–Crippen MR) is 94.7 cm³/mol. The number of aryl methyl sites for hydroxylation is 1. The second-order valence-corrected chi connectivity index (χ2v) is 6.02. The molecule has 0 aliphatic heterocycles. The van der Waals surface area contributed by atoms with Crippen molar-refractivity contribution in [2.45, 2.75) is 32.6 Å². The fourth-order valence-electron chi connectivity index (χ4n) is 2.09. The summed E-state index contributed by atoms with van der Waals surface area (Å²) in [6.45, 7) is 2.76. The van der Waals surface area contributed by atoms with Crippen molar-refractivity contribution >= 4 is 22.9 Å². The molecule has 0 fully saturated rings. The van der Waals surface area contributed by atoms with E-state index in [4.69, 9.17) is 9.47 Å². The Morgan fingerprint density at radius 3 is 2.87 bits per heavy atom. The third-order valence-electron chi connectivity index (χ3n) is 3.44. The monoisotopic (exact) mass is 333 g/mol. The van der Waals surface area contributed by atoms with Gasteiger partial charge in [-0.15, -0.1) is 0 Å². The third-order valence-corrected chi connectivity index (χ3v) is 4.17. The van der Waals surface area contributed by atoms with Crippen LogP contribution in [-0.2, 0) is 11.2 Å². The largest absolute Gasteiger partial charge is 0.497 e. The lowest BCUT2D eigenvalue weighted by molar-refractivity contribution is -0.116. The Hall–Kier alpha value is -2.01. The molecule has 0 radical (unpaired) electrons. The number of carbonyl (C=O) groups excluding carboxylic acids is 1. The molecule has 1 aromatic heterocycles. The van der Waals surface area contributed by atoms with Crippen LogP contribution in [0.2, 0.25) is 0 Å². The number of unbranched alkanes of at least 4 members (excludes halogenated alkanes) is 1. The summed E-state index contributed by atoms with van der Waals surface area (Å²) in [5, 5.41) is 7.02. The second-order valence-electron chi connectivity index (χ2n) is 5.24. The quantitative estimate of drug-likeness (QED) is 0.687. The van der Waals surface area contributed by atoms with E-state index < -0.39 is 0 Å². The SMILES string of the molecule is CCCCOc1ccc(OC)cc1NC(=O)CCc1ccsc1. The lowest BCUT2D eigenvalue weighted by Gasteiger charge is -2.13. The second kappa shape index (κ2) is 9.20. The zero-order chi connectivity index (χ0) is 16.5. The highest BCUT2D eigenvalue weighted by Gasteiger charge is 2.10. The van der Waals surface area contributed by atoms with Crippen molar-refractivity contribution in [2.24, 2.45) is 0 Å². The van der Waals surface area contributed by atoms with Crippen molar-refractivity contribution < 1.29 is 14.3 Å². The molecule has 4 nitrogen and oxygen atoms in total. The van der Waals surface area contributed by atoms with Crippen molar-refractivity contribution in [2.75, 3.05) is 19.0 Å². The Labute approximate surface area is 141 Å². The summed E-state index contributed by atoms with van der Waals surface area (Å²) in [5.41, 5.74) is 1.85. The number of anilines is 1. The summed E-state index contributed by atoms with van der Waals surface area (Å²) in [6.07, 6.45) is 3.24. The van der Waals surface area contributed by atoms with Crippen molar-refractivity contribution in [3.8, 4) is 11.5 Å². The fourth-order valence-corrected chi connectivity index (χ4v) is 2.79. The van der Waals surface area contributed by atoms with Gasteiger partial charge in [-0.3, -0.25) is 4.79 Å².